The van der Waals surface area contributed by atoms with Crippen molar-refractivity contribution in [1.82, 2.24) is 14.5 Å². The van der Waals surface area contributed by atoms with Gasteiger partial charge in [0.2, 0.25) is 15.9 Å². The standard InChI is InChI=1S/C24H29N3O7S/c1-18-7-9-20(10-8-18)35(32,33)27-15-13-26(14-16-27)22(28)12-11-21(23(29)30)25-24(31)34-17-19-5-3-2-4-6-19/h2-10,21H,11-17H2,1H3,(H,25,31)(H,29,30)/t21-/m0/s1. The van der Waals surface area contributed by atoms with Crippen molar-refractivity contribution in [1.29, 1.82) is 0 Å². The van der Waals surface area contributed by atoms with Gasteiger partial charge < -0.3 is 20.1 Å². The van der Waals surface area contributed by atoms with Crippen LogP contribution < -0.4 is 5.32 Å². The van der Waals surface area contributed by atoms with E-state index in [1.54, 1.807) is 48.5 Å². The zero-order valence-electron chi connectivity index (χ0n) is 19.4. The van der Waals surface area contributed by atoms with Gasteiger partial charge in [0.25, 0.3) is 0 Å². The molecule has 3 rings (SSSR count). The number of alkyl carbamates (subject to hydrolysis) is 1. The van der Waals surface area contributed by atoms with Crippen molar-refractivity contribution in [2.45, 2.75) is 37.3 Å². The summed E-state index contributed by atoms with van der Waals surface area (Å²) in [7, 11) is -3.65. The van der Waals surface area contributed by atoms with Gasteiger partial charge in [-0.1, -0.05) is 48.0 Å². The summed E-state index contributed by atoms with van der Waals surface area (Å²) in [6.45, 7) is 2.57. The van der Waals surface area contributed by atoms with Crippen LogP contribution in [-0.4, -0.2) is 72.9 Å². The Kier molecular flexibility index (Phi) is 8.83. The molecule has 2 aromatic rings. The van der Waals surface area contributed by atoms with Crippen molar-refractivity contribution in [2.24, 2.45) is 0 Å². The van der Waals surface area contributed by atoms with Crippen LogP contribution in [0.3, 0.4) is 0 Å². The molecule has 1 aliphatic rings. The molecule has 11 heteroatoms. The van der Waals surface area contributed by atoms with Crippen LogP contribution in [0.25, 0.3) is 0 Å². The first-order valence-corrected chi connectivity index (χ1v) is 12.7. The molecule has 0 saturated carbocycles. The molecule has 188 valence electrons. The molecule has 2 N–H and O–H groups in total. The van der Waals surface area contributed by atoms with Gasteiger partial charge in [-0.2, -0.15) is 4.31 Å². The van der Waals surface area contributed by atoms with Crippen molar-refractivity contribution in [3.05, 3.63) is 65.7 Å². The van der Waals surface area contributed by atoms with Crippen molar-refractivity contribution in [3.8, 4) is 0 Å². The molecule has 0 radical (unpaired) electrons. The molecule has 2 amide bonds. The SMILES string of the molecule is Cc1ccc(S(=O)(=O)N2CCN(C(=O)CC[C@H](NC(=O)OCc3ccccc3)C(=O)O)CC2)cc1. The van der Waals surface area contributed by atoms with Crippen LogP contribution in [-0.2, 0) is 31.0 Å². The van der Waals surface area contributed by atoms with Crippen molar-refractivity contribution in [2.75, 3.05) is 26.2 Å². The first-order chi connectivity index (χ1) is 16.7. The zero-order chi connectivity index (χ0) is 25.4. The first-order valence-electron chi connectivity index (χ1n) is 11.2. The monoisotopic (exact) mass is 503 g/mol. The van der Waals surface area contributed by atoms with Crippen LogP contribution >= 0.6 is 0 Å². The number of ether oxygens (including phenoxy) is 1. The van der Waals surface area contributed by atoms with Crippen molar-refractivity contribution >= 4 is 28.0 Å². The molecular formula is C24H29N3O7S. The number of carboxylic acids is 1. The number of carbonyl (C=O) groups excluding carboxylic acids is 2. The van der Waals surface area contributed by atoms with Crippen LogP contribution in [0.2, 0.25) is 0 Å². The van der Waals surface area contributed by atoms with E-state index >= 15 is 0 Å². The van der Waals surface area contributed by atoms with Gasteiger partial charge in [0.15, 0.2) is 0 Å². The van der Waals surface area contributed by atoms with Gasteiger partial charge in [0, 0.05) is 32.6 Å². The van der Waals surface area contributed by atoms with E-state index in [0.29, 0.717) is 0 Å². The summed E-state index contributed by atoms with van der Waals surface area (Å²) < 4.78 is 32.0. The summed E-state index contributed by atoms with van der Waals surface area (Å²) in [5.41, 5.74) is 1.71. The highest BCUT2D eigenvalue weighted by molar-refractivity contribution is 7.89. The van der Waals surface area contributed by atoms with E-state index in [2.05, 4.69) is 5.32 Å². The number of hydrogen-bond donors (Lipinski definition) is 2. The van der Waals surface area contributed by atoms with Crippen LogP contribution in [0.1, 0.15) is 24.0 Å². The summed E-state index contributed by atoms with van der Waals surface area (Å²) in [5.74, 6) is -1.58. The number of amides is 2. The van der Waals surface area contributed by atoms with E-state index in [9.17, 15) is 27.9 Å². The first kappa shape index (κ1) is 26.2. The number of carboxylic acid groups (broad SMARTS) is 1. The third-order valence-corrected chi connectivity index (χ3v) is 7.61. The predicted octanol–water partition coefficient (Wildman–Crippen LogP) is 1.99. The number of piperazine rings is 1. The highest BCUT2D eigenvalue weighted by atomic mass is 32.2. The van der Waals surface area contributed by atoms with Crippen LogP contribution in [0.15, 0.2) is 59.5 Å². The average molecular weight is 504 g/mol. The molecule has 1 atom stereocenters. The smallest absolute Gasteiger partial charge is 0.408 e. The molecule has 1 fully saturated rings. The zero-order valence-corrected chi connectivity index (χ0v) is 20.2. The predicted molar refractivity (Wildman–Crippen MR) is 127 cm³/mol. The molecule has 0 bridgehead atoms. The normalized spacial score (nSPS) is 15.3. The molecule has 0 unspecified atom stereocenters. The molecule has 1 aliphatic heterocycles. The largest absolute Gasteiger partial charge is 0.480 e. The summed E-state index contributed by atoms with van der Waals surface area (Å²) >= 11 is 0. The summed E-state index contributed by atoms with van der Waals surface area (Å²) in [4.78, 5) is 37.8. The summed E-state index contributed by atoms with van der Waals surface area (Å²) in [6.07, 6.45) is -1.11. The number of nitrogens with zero attached hydrogens (tertiary/aromatic N) is 2. The Morgan fingerprint density at radius 2 is 1.63 bits per heavy atom. The van der Waals surface area contributed by atoms with Gasteiger partial charge >= 0.3 is 12.1 Å². The van der Waals surface area contributed by atoms with Gasteiger partial charge in [-0.05, 0) is 31.0 Å². The van der Waals surface area contributed by atoms with Gasteiger partial charge in [0.1, 0.15) is 12.6 Å². The fourth-order valence-corrected chi connectivity index (χ4v) is 5.05. The second kappa shape index (κ2) is 11.8. The molecule has 1 saturated heterocycles. The topological polar surface area (TPSA) is 133 Å². The Morgan fingerprint density at radius 1 is 1.00 bits per heavy atom. The average Bonchev–Trinajstić information content (AvgIpc) is 2.86. The summed E-state index contributed by atoms with van der Waals surface area (Å²) in [5, 5.41) is 11.7. The number of aliphatic carboxylic acids is 1. The summed E-state index contributed by atoms with van der Waals surface area (Å²) in [6, 6.07) is 14.2. The minimum Gasteiger partial charge on any atom is -0.480 e. The molecule has 35 heavy (non-hydrogen) atoms. The fraction of sp³-hybridized carbons (Fsp3) is 0.375. The third kappa shape index (κ3) is 7.27. The van der Waals surface area contributed by atoms with Crippen LogP contribution in [0.5, 0.6) is 0 Å². The second-order valence-electron chi connectivity index (χ2n) is 8.23. The lowest BCUT2D eigenvalue weighted by Crippen LogP contribution is -2.50. The fourth-order valence-electron chi connectivity index (χ4n) is 3.63. The number of rotatable bonds is 9. The van der Waals surface area contributed by atoms with Gasteiger partial charge in [-0.3, -0.25) is 4.79 Å². The lowest BCUT2D eigenvalue weighted by molar-refractivity contribution is -0.140. The maximum absolute atomic E-state index is 12.8. The molecule has 2 aromatic carbocycles. The number of sulfonamides is 1. The number of benzene rings is 2. The molecule has 0 aromatic heterocycles. The highest BCUT2D eigenvalue weighted by Gasteiger charge is 2.30. The van der Waals surface area contributed by atoms with E-state index in [4.69, 9.17) is 4.74 Å². The second-order valence-corrected chi connectivity index (χ2v) is 10.2. The Labute approximate surface area is 204 Å². The Morgan fingerprint density at radius 3 is 2.23 bits per heavy atom. The molecular weight excluding hydrogens is 474 g/mol. The van der Waals surface area contributed by atoms with E-state index in [1.807, 2.05) is 13.0 Å². The van der Waals surface area contributed by atoms with Gasteiger partial charge in [-0.25, -0.2) is 18.0 Å². The van der Waals surface area contributed by atoms with Crippen LogP contribution in [0.4, 0.5) is 4.79 Å². The van der Waals surface area contributed by atoms with Crippen molar-refractivity contribution < 1.29 is 32.6 Å². The number of aryl methyl sites for hydroxylation is 1. The maximum Gasteiger partial charge on any atom is 0.408 e. The van der Waals surface area contributed by atoms with E-state index in [1.165, 1.54) is 9.21 Å². The number of hydrogen-bond acceptors (Lipinski definition) is 6. The van der Waals surface area contributed by atoms with Crippen LogP contribution in [0, 0.1) is 6.92 Å². The minimum atomic E-state index is -3.65. The van der Waals surface area contributed by atoms with Gasteiger partial charge in [0.05, 0.1) is 4.90 Å². The quantitative estimate of drug-likeness (QED) is 0.535. The maximum atomic E-state index is 12.8. The number of carbonyl (C=O) groups is 3. The van der Waals surface area contributed by atoms with E-state index in [0.717, 1.165) is 11.1 Å². The Hall–Kier alpha value is -3.44. The van der Waals surface area contributed by atoms with Crippen molar-refractivity contribution in [3.63, 3.8) is 0 Å². The molecule has 0 spiro atoms. The van der Waals surface area contributed by atoms with Gasteiger partial charge in [-0.15, -0.1) is 0 Å². The van der Waals surface area contributed by atoms with E-state index in [-0.39, 0.29) is 56.4 Å². The van der Waals surface area contributed by atoms with E-state index < -0.39 is 28.1 Å². The third-order valence-electron chi connectivity index (χ3n) is 5.70. The highest BCUT2D eigenvalue weighted by Crippen LogP contribution is 2.18. The Balaban J connectivity index is 1.46. The molecule has 10 nitrogen and oxygen atoms in total. The lowest BCUT2D eigenvalue weighted by atomic mass is 10.1. The molecule has 0 aliphatic carbocycles. The number of nitrogens with one attached hydrogen (secondary N) is 1. The lowest BCUT2D eigenvalue weighted by Gasteiger charge is -2.34. The minimum absolute atomic E-state index is 0.00623. The Bertz CT molecular complexity index is 1130. The molecule has 1 heterocycles.